The Labute approximate surface area is 834 Å². The van der Waals surface area contributed by atoms with E-state index in [0.29, 0.717) is 120 Å². The number of nitrogens with one attached hydrogen (secondary N) is 6. The summed E-state index contributed by atoms with van der Waals surface area (Å²) in [6.45, 7) is 25.6. The van der Waals surface area contributed by atoms with Crippen LogP contribution in [0.5, 0.6) is 0 Å². The Morgan fingerprint density at radius 2 is 0.748 bits per heavy atom. The Balaban J connectivity index is 0.000000204. The van der Waals surface area contributed by atoms with Gasteiger partial charge >= 0.3 is 45.2 Å². The molecular weight excluding hydrogens is 1870 g/mol. The van der Waals surface area contributed by atoms with Crippen LogP contribution in [0.4, 0.5) is 22.8 Å². The number of aromatic nitrogens is 6. The van der Waals surface area contributed by atoms with Gasteiger partial charge in [0.15, 0.2) is 17.3 Å². The van der Waals surface area contributed by atoms with E-state index < -0.39 is 40.8 Å². The number of nitriles is 1. The van der Waals surface area contributed by atoms with Gasteiger partial charge in [0.25, 0.3) is 0 Å². The molecule has 3 aliphatic rings. The van der Waals surface area contributed by atoms with Gasteiger partial charge in [0, 0.05) is 71.6 Å². The summed E-state index contributed by atoms with van der Waals surface area (Å²) in [5.41, 5.74) is 38.5. The Hall–Kier alpha value is -11.5. The summed E-state index contributed by atoms with van der Waals surface area (Å²) in [6, 6.07) is 68.4. The fraction of sp³-hybridized carbons (Fsp3) is 0.361. The second-order valence-corrected chi connectivity index (χ2v) is 38.7. The first kappa shape index (κ1) is 109. The molecule has 3 saturated carbocycles. The summed E-state index contributed by atoms with van der Waals surface area (Å²) in [7, 11) is 9.40. The summed E-state index contributed by atoms with van der Waals surface area (Å²) in [5, 5.41) is 42.4. The van der Waals surface area contributed by atoms with E-state index in [2.05, 4.69) is 72.3 Å². The second kappa shape index (κ2) is 53.2. The van der Waals surface area contributed by atoms with Gasteiger partial charge in [-0.05, 0) is 307 Å². The molecule has 3 atom stereocenters. The SMILES string of the molecule is CCc1cccc(-n2nc(C)cc2C(=O)Cc2cc(C(NCC3CC3)c3ccc(CNC(=O)OC(C)(C)C)cc3)ccc2F)c1.Cc1cc(C(=O)Cc2cc(C(NCC3CC3)c3ccc(C#N)cc3)ccc2F)n(-c2cccc(CNC(=O)OC(C)(C)C)c2)n1.Cc1cc(C(=O)Cc2cc(C(NCC3CC3)c3ccc(CN)cc3)ccc2F)n(-c2cccc(CN)c2)n1.Cl.NCCNCCN.[Cl][Ni][Cl]. The van der Waals surface area contributed by atoms with E-state index in [1.54, 1.807) is 102 Å². The molecule has 3 fully saturated rings. The van der Waals surface area contributed by atoms with Crippen LogP contribution in [0.2, 0.25) is 0 Å². The normalized spacial score (nSPS) is 13.3. The molecule has 0 aliphatic heterocycles. The van der Waals surface area contributed by atoms with Gasteiger partial charge in [-0.2, -0.15) is 20.6 Å². The zero-order chi connectivity index (χ0) is 99.2. The number of alkyl carbamates (subject to hydrolysis) is 2. The molecule has 12 aromatic rings. The third-order valence-corrected chi connectivity index (χ3v) is 23.2. The average molecular weight is 2000 g/mol. The van der Waals surface area contributed by atoms with E-state index >= 15 is 13.2 Å². The number of ether oxygens (including phenoxy) is 2. The summed E-state index contributed by atoms with van der Waals surface area (Å²) < 4.78 is 61.0. The summed E-state index contributed by atoms with van der Waals surface area (Å²) in [6.07, 6.45) is 6.84. The van der Waals surface area contributed by atoms with Gasteiger partial charge in [-0.1, -0.05) is 140 Å². The Bertz CT molecular complexity index is 6100. The zero-order valence-corrected chi connectivity index (χ0v) is 83.8. The molecule has 31 heteroatoms. The van der Waals surface area contributed by atoms with E-state index in [-0.39, 0.29) is 73.7 Å². The fourth-order valence-electron chi connectivity index (χ4n) is 15.6. The number of benzene rings is 9. The van der Waals surface area contributed by atoms with Crippen LogP contribution in [0.1, 0.15) is 237 Å². The maximum atomic E-state index is 15.2. The fourth-order valence-corrected chi connectivity index (χ4v) is 15.6. The summed E-state index contributed by atoms with van der Waals surface area (Å²) in [4.78, 5) is 65.1. The summed E-state index contributed by atoms with van der Waals surface area (Å²) in [5.74, 6) is 0.0251. The number of rotatable bonds is 38. The molecular formula is C108H129Cl3F3N17NiO7. The Kier molecular flexibility index (Phi) is 41.9. The number of amides is 2. The predicted octanol–water partition coefficient (Wildman–Crippen LogP) is 19.2. The number of hydrogen-bond donors (Lipinski definition) is 10. The molecule has 3 unspecified atom stereocenters. The molecule has 740 valence electrons. The van der Waals surface area contributed by atoms with Gasteiger partial charge in [-0.25, -0.2) is 36.8 Å². The van der Waals surface area contributed by atoms with Crippen LogP contribution < -0.4 is 54.8 Å². The van der Waals surface area contributed by atoms with Crippen molar-refractivity contribution in [1.82, 2.24) is 61.2 Å². The number of hydrogen-bond acceptors (Lipinski definition) is 19. The molecule has 0 bridgehead atoms. The van der Waals surface area contributed by atoms with E-state index in [1.807, 2.05) is 162 Å². The van der Waals surface area contributed by atoms with E-state index in [0.717, 1.165) is 117 Å². The molecule has 3 aliphatic carbocycles. The molecule has 0 radical (unpaired) electrons. The van der Waals surface area contributed by atoms with Crippen molar-refractivity contribution < 1.29 is 59.3 Å². The second-order valence-electron chi connectivity index (χ2n) is 37.0. The standard InChI is InChI=1S/C37H43FN4O3.C36H38FN5O3.C31H34FN5O.C4H13N3.3ClH.Ni/c1-6-25-8-7-9-31(19-25)42-33(18-24(2)41-42)34(43)21-30-20-29(16-17-32(30)38)35(39-22-26-10-11-26)28-14-12-27(13-15-28)23-40-36(44)45-37(3,4)5;1-23-16-32(42(41-23)30-7-5-6-26(17-30)22-40-35(44)45-36(2,3)4)33(43)19-29-18-28(14-15-31(29)37)34(39-21-25-8-9-25)27-12-10-24(20-38)11-13-27;1-20-13-29(37(36-20)27-4-2-3-23(14-27)18-34)30(38)16-26-15-25(11-12-28(26)32)31(35-19-22-5-6-22)24-9-7-21(17-33)8-10-24;5-1-3-7-4-2-6;;;;/h7-9,12-20,26,35,39H,6,10-11,21-23H2,1-5H3,(H,40,44);5-7,10-18,25,34,39H,8-9,19,21-22H2,1-4H3,(H,40,44);2-4,7-15,22,31,35H,5-6,16-19,33-34H2,1H3;7H,1-6H2;3*1H;/q;;;;;;;+2/p-2. The van der Waals surface area contributed by atoms with Crippen molar-refractivity contribution in [2.45, 2.75) is 189 Å². The topological polar surface area (TPSA) is 357 Å². The molecule has 9 aromatic carbocycles. The van der Waals surface area contributed by atoms with Crippen LogP contribution in [0, 0.1) is 67.3 Å². The molecule has 15 rings (SSSR count). The molecule has 0 saturated heterocycles. The number of aryl methyl sites for hydroxylation is 4. The van der Waals surface area contributed by atoms with Crippen LogP contribution in [0.3, 0.4) is 0 Å². The molecule has 24 nitrogen and oxygen atoms in total. The number of carbonyl (C=O) groups is 5. The molecule has 14 N–H and O–H groups in total. The quantitative estimate of drug-likeness (QED) is 0.00976. The van der Waals surface area contributed by atoms with E-state index in [1.165, 1.54) is 56.7 Å². The van der Waals surface area contributed by atoms with Crippen LogP contribution in [-0.4, -0.2) is 116 Å². The van der Waals surface area contributed by atoms with Gasteiger partial charge < -0.3 is 64.3 Å². The van der Waals surface area contributed by atoms with Gasteiger partial charge in [0.05, 0.1) is 63.9 Å². The van der Waals surface area contributed by atoms with Crippen molar-refractivity contribution >= 4 is 62.3 Å². The van der Waals surface area contributed by atoms with Crippen LogP contribution in [0.25, 0.3) is 17.1 Å². The van der Waals surface area contributed by atoms with Crippen molar-refractivity contribution in [3.63, 3.8) is 0 Å². The number of nitrogens with zero attached hydrogens (tertiary/aromatic N) is 7. The average Bonchev–Trinajstić information content (AvgIpc) is 1.71. The van der Waals surface area contributed by atoms with Crippen LogP contribution in [-0.2, 0) is 74.0 Å². The number of halogens is 6. The predicted molar refractivity (Wildman–Crippen MR) is 541 cm³/mol. The number of nitrogens with two attached hydrogens (primary N) is 4. The van der Waals surface area contributed by atoms with Gasteiger partial charge in [-0.15, -0.1) is 12.4 Å². The van der Waals surface area contributed by atoms with E-state index in [4.69, 9.17) is 52.8 Å². The van der Waals surface area contributed by atoms with E-state index in [9.17, 15) is 29.2 Å². The maximum absolute atomic E-state index is 15.2. The summed E-state index contributed by atoms with van der Waals surface area (Å²) >= 11 is 0.569. The minimum absolute atomic E-state index is 0. The first-order chi connectivity index (χ1) is 66.2. The van der Waals surface area contributed by atoms with Crippen molar-refractivity contribution in [1.29, 1.82) is 5.26 Å². The van der Waals surface area contributed by atoms with Crippen LogP contribution >= 0.6 is 32.8 Å². The van der Waals surface area contributed by atoms with Crippen molar-refractivity contribution in [3.05, 3.63) is 353 Å². The van der Waals surface area contributed by atoms with Crippen molar-refractivity contribution in [2.75, 3.05) is 45.8 Å². The van der Waals surface area contributed by atoms with Gasteiger partial charge in [-0.3, -0.25) is 14.4 Å². The molecule has 3 aromatic heterocycles. The van der Waals surface area contributed by atoms with Crippen molar-refractivity contribution in [3.8, 4) is 23.1 Å². The van der Waals surface area contributed by atoms with Crippen LogP contribution in [0.15, 0.2) is 218 Å². The minimum atomic E-state index is -0.607. The zero-order valence-electron chi connectivity index (χ0n) is 80.5. The van der Waals surface area contributed by atoms with Crippen molar-refractivity contribution in [2.24, 2.45) is 40.7 Å². The molecule has 2 amide bonds. The molecule has 3 heterocycles. The van der Waals surface area contributed by atoms with Gasteiger partial charge in [0.2, 0.25) is 0 Å². The third-order valence-electron chi connectivity index (χ3n) is 23.2. The molecule has 139 heavy (non-hydrogen) atoms. The molecule has 0 spiro atoms. The first-order valence-electron chi connectivity index (χ1n) is 46.8. The van der Waals surface area contributed by atoms with Gasteiger partial charge in [0.1, 0.15) is 45.7 Å². The Morgan fingerprint density at radius 3 is 1.07 bits per heavy atom. The monoisotopic (exact) mass is 2000 g/mol. The number of Topliss-reactive ketones (excluding diaryl/α,β-unsaturated/α-hetero) is 3. The third kappa shape index (κ3) is 34.2. The number of ketones is 3. The first-order valence-corrected chi connectivity index (χ1v) is 49.5. The Morgan fingerprint density at radius 1 is 0.439 bits per heavy atom. The number of carbonyl (C=O) groups excluding carboxylic acids is 5.